The lowest BCUT2D eigenvalue weighted by Gasteiger charge is -2.27. The Kier molecular flexibility index (Phi) is 4.36. The number of aliphatic hydroxyl groups excluding tert-OH is 1. The maximum atomic E-state index is 13.3. The molecule has 0 radical (unpaired) electrons. The Bertz CT molecular complexity index is 798. The van der Waals surface area contributed by atoms with Crippen molar-refractivity contribution in [2.24, 2.45) is 7.05 Å². The van der Waals surface area contributed by atoms with E-state index < -0.39 is 23.9 Å². The van der Waals surface area contributed by atoms with Gasteiger partial charge in [-0.3, -0.25) is 4.79 Å². The van der Waals surface area contributed by atoms with Crippen LogP contribution in [-0.4, -0.2) is 33.1 Å². The van der Waals surface area contributed by atoms with Crippen LogP contribution in [0.4, 0.5) is 13.2 Å². The standard InChI is InChI=1S/C18H19F3N2O2/c1-11-7-8-15(22(11)2)17(25)23-10-12(24)9-16(23)13-5-3-4-6-14(13)18(19,20)21/h3-8,12,16,24H,9-10H2,1-2H3/t12-,16-/m1/s1. The molecule has 1 fully saturated rings. The van der Waals surface area contributed by atoms with Crippen molar-refractivity contribution in [1.29, 1.82) is 0 Å². The van der Waals surface area contributed by atoms with Gasteiger partial charge in [-0.25, -0.2) is 0 Å². The summed E-state index contributed by atoms with van der Waals surface area (Å²) in [6.45, 7) is 1.85. The first-order valence-electron chi connectivity index (χ1n) is 7.97. The highest BCUT2D eigenvalue weighted by atomic mass is 19.4. The van der Waals surface area contributed by atoms with Crippen molar-refractivity contribution in [2.45, 2.75) is 31.7 Å². The van der Waals surface area contributed by atoms with Gasteiger partial charge >= 0.3 is 6.18 Å². The van der Waals surface area contributed by atoms with Crippen LogP contribution in [0.25, 0.3) is 0 Å². The van der Waals surface area contributed by atoms with E-state index in [4.69, 9.17) is 0 Å². The quantitative estimate of drug-likeness (QED) is 0.901. The molecule has 3 rings (SSSR count). The molecule has 2 aromatic rings. The first-order chi connectivity index (χ1) is 11.7. The molecule has 134 valence electrons. The van der Waals surface area contributed by atoms with Gasteiger partial charge in [0.25, 0.3) is 5.91 Å². The number of alkyl halides is 3. The molecule has 1 aromatic heterocycles. The SMILES string of the molecule is Cc1ccc(C(=O)N2C[C@H](O)C[C@@H]2c2ccccc2C(F)(F)F)n1C. The normalized spacial score (nSPS) is 21.0. The number of aliphatic hydroxyl groups is 1. The smallest absolute Gasteiger partial charge is 0.391 e. The van der Waals surface area contributed by atoms with E-state index in [9.17, 15) is 23.1 Å². The van der Waals surface area contributed by atoms with Crippen LogP contribution in [-0.2, 0) is 13.2 Å². The Morgan fingerprint density at radius 3 is 2.48 bits per heavy atom. The van der Waals surface area contributed by atoms with E-state index in [1.807, 2.05) is 6.92 Å². The van der Waals surface area contributed by atoms with Gasteiger partial charge in [-0.05, 0) is 37.1 Å². The molecular formula is C18H19F3N2O2. The lowest BCUT2D eigenvalue weighted by molar-refractivity contribution is -0.138. The molecule has 2 atom stereocenters. The highest BCUT2D eigenvalue weighted by molar-refractivity contribution is 5.93. The van der Waals surface area contributed by atoms with Gasteiger partial charge in [0.2, 0.25) is 0 Å². The van der Waals surface area contributed by atoms with E-state index in [2.05, 4.69) is 0 Å². The number of carbonyl (C=O) groups excluding carboxylic acids is 1. The predicted molar refractivity (Wildman–Crippen MR) is 86.0 cm³/mol. The summed E-state index contributed by atoms with van der Waals surface area (Å²) in [6.07, 6.45) is -5.28. The van der Waals surface area contributed by atoms with E-state index in [1.165, 1.54) is 23.1 Å². The Balaban J connectivity index is 2.01. The molecule has 25 heavy (non-hydrogen) atoms. The Labute approximate surface area is 143 Å². The van der Waals surface area contributed by atoms with Gasteiger partial charge in [0, 0.05) is 19.3 Å². The molecule has 0 bridgehead atoms. The summed E-state index contributed by atoms with van der Waals surface area (Å²) >= 11 is 0. The molecular weight excluding hydrogens is 333 g/mol. The van der Waals surface area contributed by atoms with E-state index in [-0.39, 0.29) is 24.4 Å². The van der Waals surface area contributed by atoms with Crippen molar-refractivity contribution in [3.05, 3.63) is 58.9 Å². The van der Waals surface area contributed by atoms with E-state index >= 15 is 0 Å². The second-order valence-electron chi connectivity index (χ2n) is 6.37. The molecule has 4 nitrogen and oxygen atoms in total. The summed E-state index contributed by atoms with van der Waals surface area (Å²) in [5.74, 6) is -0.380. The Morgan fingerprint density at radius 2 is 1.88 bits per heavy atom. The van der Waals surface area contributed by atoms with Gasteiger partial charge in [-0.15, -0.1) is 0 Å². The minimum Gasteiger partial charge on any atom is -0.391 e. The fourth-order valence-electron chi connectivity index (χ4n) is 3.35. The number of hydrogen-bond donors (Lipinski definition) is 1. The predicted octanol–water partition coefficient (Wildman–Crippen LogP) is 3.30. The molecule has 0 saturated carbocycles. The highest BCUT2D eigenvalue weighted by Gasteiger charge is 2.41. The van der Waals surface area contributed by atoms with Crippen molar-refractivity contribution < 1.29 is 23.1 Å². The van der Waals surface area contributed by atoms with Gasteiger partial charge in [0.15, 0.2) is 0 Å². The molecule has 1 aliphatic heterocycles. The van der Waals surface area contributed by atoms with Crippen LogP contribution in [0, 0.1) is 6.92 Å². The second-order valence-corrected chi connectivity index (χ2v) is 6.37. The van der Waals surface area contributed by atoms with Crippen LogP contribution in [0.5, 0.6) is 0 Å². The molecule has 1 amide bonds. The summed E-state index contributed by atoms with van der Waals surface area (Å²) in [6, 6.07) is 7.84. The number of aromatic nitrogens is 1. The zero-order valence-electron chi connectivity index (χ0n) is 13.9. The van der Waals surface area contributed by atoms with Crippen LogP contribution in [0.3, 0.4) is 0 Å². The van der Waals surface area contributed by atoms with Crippen molar-refractivity contribution >= 4 is 5.91 Å². The maximum absolute atomic E-state index is 13.3. The summed E-state index contributed by atoms with van der Waals surface area (Å²) < 4.78 is 41.7. The van der Waals surface area contributed by atoms with Gasteiger partial charge in [0.05, 0.1) is 17.7 Å². The Hall–Kier alpha value is -2.28. The maximum Gasteiger partial charge on any atom is 0.416 e. The molecule has 1 saturated heterocycles. The third kappa shape index (κ3) is 3.16. The first-order valence-corrected chi connectivity index (χ1v) is 7.97. The molecule has 1 aliphatic rings. The van der Waals surface area contributed by atoms with Crippen LogP contribution in [0.1, 0.15) is 39.8 Å². The van der Waals surface area contributed by atoms with Crippen LogP contribution in [0.2, 0.25) is 0 Å². The van der Waals surface area contributed by atoms with Crippen molar-refractivity contribution in [1.82, 2.24) is 9.47 Å². The number of rotatable bonds is 2. The van der Waals surface area contributed by atoms with E-state index in [1.54, 1.807) is 23.7 Å². The van der Waals surface area contributed by atoms with Crippen molar-refractivity contribution in [3.8, 4) is 0 Å². The zero-order chi connectivity index (χ0) is 18.4. The second kappa shape index (κ2) is 6.22. The third-order valence-electron chi connectivity index (χ3n) is 4.76. The summed E-state index contributed by atoms with van der Waals surface area (Å²) in [4.78, 5) is 14.2. The number of nitrogens with zero attached hydrogens (tertiary/aromatic N) is 2. The molecule has 2 heterocycles. The van der Waals surface area contributed by atoms with Gasteiger partial charge in [0.1, 0.15) is 5.69 Å². The first kappa shape index (κ1) is 17.5. The number of aryl methyl sites for hydroxylation is 1. The third-order valence-corrected chi connectivity index (χ3v) is 4.76. The molecule has 0 unspecified atom stereocenters. The van der Waals surface area contributed by atoms with Gasteiger partial charge in [-0.1, -0.05) is 18.2 Å². The monoisotopic (exact) mass is 352 g/mol. The topological polar surface area (TPSA) is 45.5 Å². The lowest BCUT2D eigenvalue weighted by Crippen LogP contribution is -2.33. The average molecular weight is 352 g/mol. The Morgan fingerprint density at radius 1 is 1.20 bits per heavy atom. The molecule has 1 N–H and O–H groups in total. The molecule has 1 aromatic carbocycles. The minimum atomic E-state index is -4.51. The number of halogens is 3. The largest absolute Gasteiger partial charge is 0.416 e. The van der Waals surface area contributed by atoms with Gasteiger partial charge < -0.3 is 14.6 Å². The molecule has 0 spiro atoms. The van der Waals surface area contributed by atoms with Crippen molar-refractivity contribution in [2.75, 3.05) is 6.54 Å². The van der Waals surface area contributed by atoms with Crippen LogP contribution < -0.4 is 0 Å². The lowest BCUT2D eigenvalue weighted by atomic mass is 9.97. The number of β-amino-alcohol motifs (C(OH)–C–C–N with tert-alkyl or cyclic N) is 1. The zero-order valence-corrected chi connectivity index (χ0v) is 13.9. The number of carbonyl (C=O) groups is 1. The highest BCUT2D eigenvalue weighted by Crippen LogP contribution is 2.40. The summed E-state index contributed by atoms with van der Waals surface area (Å²) in [5, 5.41) is 10.0. The number of likely N-dealkylation sites (tertiary alicyclic amines) is 1. The molecule has 0 aliphatic carbocycles. The van der Waals surface area contributed by atoms with Gasteiger partial charge in [-0.2, -0.15) is 13.2 Å². The van der Waals surface area contributed by atoms with E-state index in [0.29, 0.717) is 5.69 Å². The van der Waals surface area contributed by atoms with E-state index in [0.717, 1.165) is 11.8 Å². The average Bonchev–Trinajstić information content (AvgIpc) is 3.10. The number of benzene rings is 1. The van der Waals surface area contributed by atoms with Crippen LogP contribution in [0.15, 0.2) is 36.4 Å². The minimum absolute atomic E-state index is 0.0138. The fraction of sp³-hybridized carbons (Fsp3) is 0.389. The van der Waals surface area contributed by atoms with Crippen molar-refractivity contribution in [3.63, 3.8) is 0 Å². The van der Waals surface area contributed by atoms with Crippen LogP contribution >= 0.6 is 0 Å². The fourth-order valence-corrected chi connectivity index (χ4v) is 3.35. The number of hydrogen-bond acceptors (Lipinski definition) is 2. The number of amides is 1. The molecule has 7 heteroatoms. The summed E-state index contributed by atoms with van der Waals surface area (Å²) in [7, 11) is 1.73. The summed E-state index contributed by atoms with van der Waals surface area (Å²) in [5.41, 5.74) is 0.511.